The molecule has 0 atom stereocenters. The third kappa shape index (κ3) is 4.32. The maximum absolute atomic E-state index is 6.44. The minimum absolute atomic E-state index is 0.437. The van der Waals surface area contributed by atoms with Crippen LogP contribution in [0.25, 0.3) is 56.1 Å². The Kier molecular flexibility index (Phi) is 6.08. The first-order valence-electron chi connectivity index (χ1n) is 14.3. The van der Waals surface area contributed by atoms with Gasteiger partial charge in [0.2, 0.25) is 0 Å². The summed E-state index contributed by atoms with van der Waals surface area (Å²) >= 11 is 0. The van der Waals surface area contributed by atoms with Gasteiger partial charge in [-0.2, -0.15) is 0 Å². The van der Waals surface area contributed by atoms with Crippen molar-refractivity contribution in [1.29, 1.82) is 0 Å². The first kappa shape index (κ1) is 26.6. The Morgan fingerprint density at radius 3 is 1.93 bits per heavy atom. The second-order valence-electron chi connectivity index (χ2n) is 12.1. The van der Waals surface area contributed by atoms with Crippen molar-refractivity contribution in [3.05, 3.63) is 96.1 Å². The average Bonchev–Trinajstić information content (AvgIpc) is 3.46. The van der Waals surface area contributed by atoms with Crippen molar-refractivity contribution in [2.45, 2.75) is 52.7 Å². The largest absolute Gasteiger partial charge is 0.495 e. The molecule has 7 rings (SSSR count). The molecule has 0 N–H and O–H groups in total. The van der Waals surface area contributed by atoms with E-state index in [0.29, 0.717) is 17.5 Å². The zero-order valence-electron chi connectivity index (χ0n) is 24.7. The molecule has 3 heterocycles. The second kappa shape index (κ2) is 9.61. The summed E-state index contributed by atoms with van der Waals surface area (Å²) in [5.41, 5.74) is 6.63. The first-order chi connectivity index (χ1) is 20.1. The lowest BCUT2D eigenvalue weighted by atomic mass is 9.75. The summed E-state index contributed by atoms with van der Waals surface area (Å²) in [6.07, 6.45) is 0. The average molecular weight is 553 g/mol. The fourth-order valence-electron chi connectivity index (χ4n) is 5.63. The summed E-state index contributed by atoms with van der Waals surface area (Å²) in [5.74, 6) is 1.84. The van der Waals surface area contributed by atoms with Crippen LogP contribution in [-0.4, -0.2) is 33.3 Å². The molecule has 6 nitrogen and oxygen atoms in total. The molecular formula is C35H32BN3O3. The number of aryl methyl sites for hydroxylation is 2. The zero-order valence-corrected chi connectivity index (χ0v) is 24.7. The van der Waals surface area contributed by atoms with Crippen LogP contribution in [0.1, 0.15) is 38.8 Å². The highest BCUT2D eigenvalue weighted by Crippen LogP contribution is 2.40. The molecule has 1 aliphatic heterocycles. The Hall–Kier alpha value is -4.33. The Morgan fingerprint density at radius 1 is 0.595 bits per heavy atom. The number of furan rings is 1. The van der Waals surface area contributed by atoms with Gasteiger partial charge < -0.3 is 13.7 Å². The van der Waals surface area contributed by atoms with Crippen LogP contribution in [-0.2, 0) is 9.31 Å². The fraction of sp³-hybridized carbons (Fsp3) is 0.229. The van der Waals surface area contributed by atoms with E-state index in [-0.39, 0.29) is 0 Å². The van der Waals surface area contributed by atoms with Crippen molar-refractivity contribution in [2.75, 3.05) is 0 Å². The van der Waals surface area contributed by atoms with Gasteiger partial charge in [0.15, 0.2) is 17.5 Å². The van der Waals surface area contributed by atoms with Gasteiger partial charge in [0.25, 0.3) is 0 Å². The molecule has 0 bridgehead atoms. The summed E-state index contributed by atoms with van der Waals surface area (Å²) < 4.78 is 19.3. The van der Waals surface area contributed by atoms with Gasteiger partial charge in [-0.15, -0.1) is 0 Å². The van der Waals surface area contributed by atoms with Gasteiger partial charge in [-0.05, 0) is 70.8 Å². The highest BCUT2D eigenvalue weighted by molar-refractivity contribution is 6.63. The standard InChI is InChI=1S/C35H32BN3O3/c1-21-12-10-15-24(20-21)32-37-31(23-13-8-7-9-14-23)38-33(39-32)25-16-11-17-27-30(25)29-22(2)26(18-19-28(29)40-27)36-41-34(3,4)35(5,6)42-36/h7-20H,1-6H3. The zero-order chi connectivity index (χ0) is 29.2. The van der Waals surface area contributed by atoms with E-state index >= 15 is 0 Å². The number of hydrogen-bond acceptors (Lipinski definition) is 6. The molecule has 0 radical (unpaired) electrons. The van der Waals surface area contributed by atoms with Crippen LogP contribution in [0.2, 0.25) is 0 Å². The molecule has 0 spiro atoms. The van der Waals surface area contributed by atoms with Crippen LogP contribution in [0.5, 0.6) is 0 Å². The van der Waals surface area contributed by atoms with Gasteiger partial charge in [0.1, 0.15) is 11.2 Å². The minimum Gasteiger partial charge on any atom is -0.456 e. The maximum Gasteiger partial charge on any atom is 0.495 e. The molecule has 1 aliphatic rings. The van der Waals surface area contributed by atoms with E-state index in [0.717, 1.165) is 55.2 Å². The monoisotopic (exact) mass is 553 g/mol. The lowest BCUT2D eigenvalue weighted by molar-refractivity contribution is 0.00578. The fourth-order valence-corrected chi connectivity index (χ4v) is 5.63. The quantitative estimate of drug-likeness (QED) is 0.209. The number of rotatable bonds is 4. The van der Waals surface area contributed by atoms with Crippen molar-refractivity contribution >= 4 is 34.5 Å². The molecule has 208 valence electrons. The van der Waals surface area contributed by atoms with Gasteiger partial charge in [-0.3, -0.25) is 0 Å². The Morgan fingerprint density at radius 2 is 1.21 bits per heavy atom. The normalized spacial score (nSPS) is 16.0. The molecule has 0 unspecified atom stereocenters. The van der Waals surface area contributed by atoms with Crippen LogP contribution in [0.3, 0.4) is 0 Å². The Labute approximate surface area is 245 Å². The molecular weight excluding hydrogens is 521 g/mol. The van der Waals surface area contributed by atoms with Crippen LogP contribution < -0.4 is 5.46 Å². The van der Waals surface area contributed by atoms with E-state index in [1.165, 1.54) is 0 Å². The van der Waals surface area contributed by atoms with Gasteiger partial charge in [0.05, 0.1) is 11.2 Å². The molecule has 0 amide bonds. The SMILES string of the molecule is Cc1cccc(-c2nc(-c3ccccc3)nc(-c3cccc4oc5ccc(B6OC(C)(C)C(C)(C)O6)c(C)c5c34)n2)c1. The summed E-state index contributed by atoms with van der Waals surface area (Å²) in [6, 6.07) is 28.4. The molecule has 4 aromatic carbocycles. The van der Waals surface area contributed by atoms with Crippen LogP contribution in [0.15, 0.2) is 89.3 Å². The number of hydrogen-bond donors (Lipinski definition) is 0. The summed E-state index contributed by atoms with van der Waals surface area (Å²) in [7, 11) is -0.480. The molecule has 6 aromatic rings. The van der Waals surface area contributed by atoms with Crippen molar-refractivity contribution in [1.82, 2.24) is 15.0 Å². The van der Waals surface area contributed by atoms with E-state index < -0.39 is 18.3 Å². The molecule has 42 heavy (non-hydrogen) atoms. The predicted molar refractivity (Wildman–Crippen MR) is 169 cm³/mol. The second-order valence-corrected chi connectivity index (χ2v) is 12.1. The van der Waals surface area contributed by atoms with Crippen molar-refractivity contribution in [3.63, 3.8) is 0 Å². The Balaban J connectivity index is 1.46. The van der Waals surface area contributed by atoms with Gasteiger partial charge in [-0.25, -0.2) is 15.0 Å². The third-order valence-electron chi connectivity index (χ3n) is 8.66. The molecule has 0 aliphatic carbocycles. The van der Waals surface area contributed by atoms with Crippen molar-refractivity contribution < 1.29 is 13.7 Å². The highest BCUT2D eigenvalue weighted by atomic mass is 16.7. The maximum atomic E-state index is 6.44. The van der Waals surface area contributed by atoms with Crippen LogP contribution in [0, 0.1) is 13.8 Å². The number of aromatic nitrogens is 3. The molecule has 1 saturated heterocycles. The number of fused-ring (bicyclic) bond motifs is 3. The van der Waals surface area contributed by atoms with E-state index in [9.17, 15) is 0 Å². The van der Waals surface area contributed by atoms with Crippen LogP contribution >= 0.6 is 0 Å². The smallest absolute Gasteiger partial charge is 0.456 e. The molecule has 1 fully saturated rings. The lowest BCUT2D eigenvalue weighted by Gasteiger charge is -2.32. The first-order valence-corrected chi connectivity index (χ1v) is 14.3. The lowest BCUT2D eigenvalue weighted by Crippen LogP contribution is -2.41. The molecule has 0 saturated carbocycles. The topological polar surface area (TPSA) is 70.3 Å². The Bertz CT molecular complexity index is 1970. The van der Waals surface area contributed by atoms with E-state index in [1.54, 1.807) is 0 Å². The minimum atomic E-state index is -0.480. The highest BCUT2D eigenvalue weighted by Gasteiger charge is 2.52. The van der Waals surface area contributed by atoms with E-state index in [1.807, 2.05) is 66.7 Å². The van der Waals surface area contributed by atoms with Gasteiger partial charge in [-0.1, -0.05) is 72.3 Å². The predicted octanol–water partition coefficient (Wildman–Crippen LogP) is 7.69. The van der Waals surface area contributed by atoms with Crippen LogP contribution in [0.4, 0.5) is 0 Å². The van der Waals surface area contributed by atoms with Crippen molar-refractivity contribution in [2.24, 2.45) is 0 Å². The third-order valence-corrected chi connectivity index (χ3v) is 8.66. The van der Waals surface area contributed by atoms with Gasteiger partial charge in [0, 0.05) is 27.5 Å². The van der Waals surface area contributed by atoms with E-state index in [4.69, 9.17) is 28.7 Å². The summed E-state index contributed by atoms with van der Waals surface area (Å²) in [5, 5.41) is 1.97. The van der Waals surface area contributed by atoms with Crippen molar-refractivity contribution in [3.8, 4) is 34.2 Å². The summed E-state index contributed by atoms with van der Waals surface area (Å²) in [6.45, 7) is 12.5. The molecule has 7 heteroatoms. The molecule has 2 aromatic heterocycles. The van der Waals surface area contributed by atoms with E-state index in [2.05, 4.69) is 59.7 Å². The van der Waals surface area contributed by atoms with Gasteiger partial charge >= 0.3 is 7.12 Å². The number of nitrogens with zero attached hydrogens (tertiary/aromatic N) is 3. The summed E-state index contributed by atoms with van der Waals surface area (Å²) in [4.78, 5) is 14.9. The number of benzene rings is 4.